The van der Waals surface area contributed by atoms with Gasteiger partial charge in [-0.05, 0) is 62.7 Å². The third-order valence-corrected chi connectivity index (χ3v) is 6.98. The molecule has 2 saturated heterocycles. The van der Waals surface area contributed by atoms with Crippen molar-refractivity contribution in [1.29, 1.82) is 0 Å². The first-order valence-corrected chi connectivity index (χ1v) is 8.57. The van der Waals surface area contributed by atoms with Gasteiger partial charge in [-0.1, -0.05) is 6.42 Å². The van der Waals surface area contributed by atoms with Gasteiger partial charge in [0.25, 0.3) is 0 Å². The lowest BCUT2D eigenvalue weighted by Gasteiger charge is -2.37. The molecular weight excluding hydrogens is 248 g/mol. The molecule has 4 rings (SSSR count). The van der Waals surface area contributed by atoms with Gasteiger partial charge in [0.2, 0.25) is 5.91 Å². The number of likely N-dealkylation sites (tertiary alicyclic amines) is 1. The number of hydrogen-bond acceptors (Lipinski definition) is 2. The summed E-state index contributed by atoms with van der Waals surface area (Å²) in [5.41, 5.74) is 0.0584. The average molecular weight is 276 g/mol. The second-order valence-electron chi connectivity index (χ2n) is 8.32. The van der Waals surface area contributed by atoms with E-state index < -0.39 is 0 Å². The number of carbonyl (C=O) groups excluding carboxylic acids is 1. The third-order valence-electron chi connectivity index (χ3n) is 6.98. The molecule has 0 aromatic heterocycles. The summed E-state index contributed by atoms with van der Waals surface area (Å²) in [5.74, 6) is 4.32. The molecule has 2 bridgehead atoms. The SMILES string of the molecule is CC1(C)C2CNCC2CN1C(=O)CC1CC2CCC1C2. The Hall–Kier alpha value is -0.570. The third kappa shape index (κ3) is 1.85. The highest BCUT2D eigenvalue weighted by atomic mass is 16.2. The monoisotopic (exact) mass is 276 g/mol. The quantitative estimate of drug-likeness (QED) is 0.839. The predicted octanol–water partition coefficient (Wildman–Crippen LogP) is 2.27. The maximum absolute atomic E-state index is 12.8. The lowest BCUT2D eigenvalue weighted by Crippen LogP contribution is -2.48. The Morgan fingerprint density at radius 2 is 2.05 bits per heavy atom. The largest absolute Gasteiger partial charge is 0.337 e. The smallest absolute Gasteiger partial charge is 0.223 e. The molecule has 3 nitrogen and oxygen atoms in total. The van der Waals surface area contributed by atoms with Crippen molar-refractivity contribution < 1.29 is 4.79 Å². The molecule has 20 heavy (non-hydrogen) atoms. The van der Waals surface area contributed by atoms with Crippen LogP contribution in [-0.4, -0.2) is 36.0 Å². The van der Waals surface area contributed by atoms with Crippen LogP contribution in [-0.2, 0) is 4.79 Å². The summed E-state index contributed by atoms with van der Waals surface area (Å²) in [7, 11) is 0. The topological polar surface area (TPSA) is 32.3 Å². The zero-order valence-electron chi connectivity index (χ0n) is 12.9. The molecule has 5 unspecified atom stereocenters. The first-order chi connectivity index (χ1) is 9.55. The molecule has 3 heteroatoms. The number of carbonyl (C=O) groups is 1. The van der Waals surface area contributed by atoms with Gasteiger partial charge in [-0.25, -0.2) is 0 Å². The van der Waals surface area contributed by atoms with Crippen LogP contribution in [0.3, 0.4) is 0 Å². The maximum atomic E-state index is 12.8. The molecule has 0 spiro atoms. The first kappa shape index (κ1) is 13.1. The van der Waals surface area contributed by atoms with Crippen LogP contribution in [0.1, 0.15) is 46.0 Å². The van der Waals surface area contributed by atoms with Crippen LogP contribution in [0.2, 0.25) is 0 Å². The van der Waals surface area contributed by atoms with Crippen LogP contribution >= 0.6 is 0 Å². The second-order valence-corrected chi connectivity index (χ2v) is 8.32. The van der Waals surface area contributed by atoms with Crippen molar-refractivity contribution in [3.63, 3.8) is 0 Å². The van der Waals surface area contributed by atoms with E-state index in [4.69, 9.17) is 0 Å². The lowest BCUT2D eigenvalue weighted by atomic mass is 9.83. The number of fused-ring (bicyclic) bond motifs is 3. The number of amides is 1. The van der Waals surface area contributed by atoms with E-state index in [1.165, 1.54) is 25.7 Å². The first-order valence-electron chi connectivity index (χ1n) is 8.57. The van der Waals surface area contributed by atoms with Crippen molar-refractivity contribution in [3.05, 3.63) is 0 Å². The van der Waals surface area contributed by atoms with Gasteiger partial charge in [-0.2, -0.15) is 0 Å². The highest BCUT2D eigenvalue weighted by Gasteiger charge is 2.52. The molecule has 4 aliphatic rings. The van der Waals surface area contributed by atoms with E-state index in [0.717, 1.165) is 37.9 Å². The van der Waals surface area contributed by atoms with E-state index in [0.29, 0.717) is 23.7 Å². The Morgan fingerprint density at radius 1 is 1.20 bits per heavy atom. The Balaban J connectivity index is 1.44. The van der Waals surface area contributed by atoms with E-state index in [1.54, 1.807) is 0 Å². The molecule has 0 aromatic carbocycles. The summed E-state index contributed by atoms with van der Waals surface area (Å²) in [4.78, 5) is 15.1. The summed E-state index contributed by atoms with van der Waals surface area (Å²) in [6.07, 6.45) is 6.40. The number of hydrogen-bond donors (Lipinski definition) is 1. The van der Waals surface area contributed by atoms with Crippen molar-refractivity contribution in [2.24, 2.45) is 29.6 Å². The minimum atomic E-state index is 0.0584. The fraction of sp³-hybridized carbons (Fsp3) is 0.941. The predicted molar refractivity (Wildman–Crippen MR) is 79.2 cm³/mol. The molecule has 2 aliphatic carbocycles. The molecule has 5 atom stereocenters. The van der Waals surface area contributed by atoms with Gasteiger partial charge in [0, 0.05) is 31.6 Å². The van der Waals surface area contributed by atoms with Crippen LogP contribution in [0.15, 0.2) is 0 Å². The zero-order valence-corrected chi connectivity index (χ0v) is 12.9. The van der Waals surface area contributed by atoms with Crippen LogP contribution in [0, 0.1) is 29.6 Å². The number of nitrogens with one attached hydrogen (secondary N) is 1. The molecule has 112 valence electrons. The van der Waals surface area contributed by atoms with Gasteiger partial charge in [0.1, 0.15) is 0 Å². The van der Waals surface area contributed by atoms with Gasteiger partial charge >= 0.3 is 0 Å². The van der Waals surface area contributed by atoms with Crippen LogP contribution < -0.4 is 5.32 Å². The van der Waals surface area contributed by atoms with Crippen molar-refractivity contribution in [2.75, 3.05) is 19.6 Å². The highest BCUT2D eigenvalue weighted by Crippen LogP contribution is 2.50. The Bertz CT molecular complexity index is 419. The Morgan fingerprint density at radius 3 is 2.70 bits per heavy atom. The molecule has 2 saturated carbocycles. The zero-order chi connectivity index (χ0) is 13.9. The fourth-order valence-electron chi connectivity index (χ4n) is 5.81. The van der Waals surface area contributed by atoms with E-state index in [-0.39, 0.29) is 5.54 Å². The Kier molecular flexibility index (Phi) is 2.93. The van der Waals surface area contributed by atoms with Gasteiger partial charge in [-0.3, -0.25) is 4.79 Å². The van der Waals surface area contributed by atoms with Crippen LogP contribution in [0.4, 0.5) is 0 Å². The van der Waals surface area contributed by atoms with Crippen LogP contribution in [0.5, 0.6) is 0 Å². The number of rotatable bonds is 2. The molecule has 1 N–H and O–H groups in total. The molecule has 0 aromatic rings. The van der Waals surface area contributed by atoms with Crippen molar-refractivity contribution in [3.8, 4) is 0 Å². The van der Waals surface area contributed by atoms with Crippen molar-refractivity contribution in [1.82, 2.24) is 10.2 Å². The summed E-state index contributed by atoms with van der Waals surface area (Å²) < 4.78 is 0. The maximum Gasteiger partial charge on any atom is 0.223 e. The van der Waals surface area contributed by atoms with Gasteiger partial charge in [0.15, 0.2) is 0 Å². The fourth-order valence-corrected chi connectivity index (χ4v) is 5.81. The minimum absolute atomic E-state index is 0.0584. The van der Waals surface area contributed by atoms with E-state index in [9.17, 15) is 4.79 Å². The van der Waals surface area contributed by atoms with Crippen molar-refractivity contribution >= 4 is 5.91 Å². The van der Waals surface area contributed by atoms with Gasteiger partial charge in [0.05, 0.1) is 0 Å². The highest BCUT2D eigenvalue weighted by molar-refractivity contribution is 5.78. The minimum Gasteiger partial charge on any atom is -0.337 e. The summed E-state index contributed by atoms with van der Waals surface area (Å²) in [6.45, 7) is 7.75. The average Bonchev–Trinajstić information content (AvgIpc) is 3.12. The van der Waals surface area contributed by atoms with Gasteiger partial charge in [-0.15, -0.1) is 0 Å². The van der Waals surface area contributed by atoms with E-state index in [1.807, 2.05) is 0 Å². The summed E-state index contributed by atoms with van der Waals surface area (Å²) >= 11 is 0. The van der Waals surface area contributed by atoms with Gasteiger partial charge < -0.3 is 10.2 Å². The lowest BCUT2D eigenvalue weighted by molar-refractivity contribution is -0.136. The summed E-state index contributed by atoms with van der Waals surface area (Å²) in [6, 6.07) is 0. The van der Waals surface area contributed by atoms with E-state index >= 15 is 0 Å². The molecule has 4 fully saturated rings. The number of nitrogens with zero attached hydrogens (tertiary/aromatic N) is 1. The van der Waals surface area contributed by atoms with Crippen LogP contribution in [0.25, 0.3) is 0 Å². The molecule has 2 aliphatic heterocycles. The molecule has 0 radical (unpaired) electrons. The normalized spacial score (nSPS) is 45.1. The van der Waals surface area contributed by atoms with E-state index in [2.05, 4.69) is 24.1 Å². The van der Waals surface area contributed by atoms with Crippen molar-refractivity contribution in [2.45, 2.75) is 51.5 Å². The molecule has 1 amide bonds. The Labute approximate surface area is 122 Å². The second kappa shape index (κ2) is 4.46. The molecular formula is C17H28N2O. The molecule has 2 heterocycles. The summed E-state index contributed by atoms with van der Waals surface area (Å²) in [5, 5.41) is 3.50. The standard InChI is InChI=1S/C17H28N2O/c1-17(2)15-9-18-8-14(15)10-19(17)16(20)7-13-6-11-3-4-12(13)5-11/h11-15,18H,3-10H2,1-2H3.